The number of hydrogen-bond acceptors (Lipinski definition) is 1. The van der Waals surface area contributed by atoms with Gasteiger partial charge in [-0.2, -0.15) is 0 Å². The van der Waals surface area contributed by atoms with Gasteiger partial charge >= 0.3 is 0 Å². The number of nitrogens with zero attached hydrogens (tertiary/aromatic N) is 2. The van der Waals surface area contributed by atoms with E-state index in [0.717, 1.165) is 18.7 Å². The molecule has 1 rings (SSSR count). The van der Waals surface area contributed by atoms with E-state index in [2.05, 4.69) is 30.3 Å². The van der Waals surface area contributed by atoms with Gasteiger partial charge in [0.15, 0.2) is 0 Å². The maximum Gasteiger partial charge on any atom is 0.0949 e. The van der Waals surface area contributed by atoms with E-state index in [1.807, 2.05) is 12.5 Å². The van der Waals surface area contributed by atoms with Gasteiger partial charge in [-0.1, -0.05) is 20.8 Å². The first-order valence-corrected chi connectivity index (χ1v) is 5.11. The van der Waals surface area contributed by atoms with Crippen molar-refractivity contribution in [1.29, 1.82) is 0 Å². The smallest absolute Gasteiger partial charge is 0.0949 e. The Balaban J connectivity index is 2.46. The van der Waals surface area contributed by atoms with Crippen molar-refractivity contribution in [3.63, 3.8) is 0 Å². The van der Waals surface area contributed by atoms with Crippen molar-refractivity contribution in [3.05, 3.63) is 18.2 Å². The predicted molar refractivity (Wildman–Crippen MR) is 55.9 cm³/mol. The Labute approximate surface area is 84.9 Å². The fraction of sp³-hybridized carbons (Fsp3) is 0.700. The van der Waals surface area contributed by atoms with E-state index in [-0.39, 0.29) is 0 Å². The van der Waals surface area contributed by atoms with E-state index in [1.54, 1.807) is 0 Å². The van der Waals surface area contributed by atoms with Crippen molar-refractivity contribution >= 4 is 11.6 Å². The number of halogens is 1. The lowest BCUT2D eigenvalue weighted by atomic mass is 9.92. The molecular weight excluding hydrogens is 184 g/mol. The standard InChI is InChI=1S/C10H17ClN2/c1-10(2,3)4-5-13-7-9(6-11)12-8-13/h7-8H,4-6H2,1-3H3. The normalized spacial score (nSPS) is 12.0. The van der Waals surface area contributed by atoms with Gasteiger partial charge in [0, 0.05) is 12.7 Å². The van der Waals surface area contributed by atoms with Crippen LogP contribution >= 0.6 is 11.6 Å². The number of alkyl halides is 1. The van der Waals surface area contributed by atoms with Crippen molar-refractivity contribution in [1.82, 2.24) is 9.55 Å². The van der Waals surface area contributed by atoms with Gasteiger partial charge < -0.3 is 4.57 Å². The Kier molecular flexibility index (Phi) is 3.37. The maximum atomic E-state index is 5.65. The van der Waals surface area contributed by atoms with Gasteiger partial charge in [0.05, 0.1) is 17.9 Å². The molecule has 0 N–H and O–H groups in total. The minimum absolute atomic E-state index is 0.380. The largest absolute Gasteiger partial charge is 0.337 e. The van der Waals surface area contributed by atoms with Crippen molar-refractivity contribution in [2.24, 2.45) is 5.41 Å². The number of hydrogen-bond donors (Lipinski definition) is 0. The molecule has 1 heterocycles. The lowest BCUT2D eigenvalue weighted by Crippen LogP contribution is -2.09. The van der Waals surface area contributed by atoms with E-state index in [1.165, 1.54) is 0 Å². The molecule has 0 amide bonds. The third-order valence-corrected chi connectivity index (χ3v) is 2.22. The molecule has 0 saturated heterocycles. The first kappa shape index (κ1) is 10.6. The molecule has 74 valence electrons. The number of imidazole rings is 1. The molecule has 0 radical (unpaired) electrons. The van der Waals surface area contributed by atoms with Crippen LogP contribution in [0, 0.1) is 5.41 Å². The molecule has 0 saturated carbocycles. The molecule has 0 aromatic carbocycles. The second kappa shape index (κ2) is 4.14. The number of rotatable bonds is 3. The molecule has 1 aromatic heterocycles. The van der Waals surface area contributed by atoms with Gasteiger partial charge in [0.2, 0.25) is 0 Å². The molecule has 2 nitrogen and oxygen atoms in total. The third kappa shape index (κ3) is 3.81. The van der Waals surface area contributed by atoms with Gasteiger partial charge in [-0.3, -0.25) is 0 Å². The molecule has 0 bridgehead atoms. The van der Waals surface area contributed by atoms with Gasteiger partial charge in [-0.05, 0) is 11.8 Å². The fourth-order valence-corrected chi connectivity index (χ4v) is 1.20. The van der Waals surface area contributed by atoms with Crippen LogP contribution < -0.4 is 0 Å². The van der Waals surface area contributed by atoms with E-state index in [9.17, 15) is 0 Å². The molecular formula is C10H17ClN2. The first-order valence-electron chi connectivity index (χ1n) is 4.58. The predicted octanol–water partition coefficient (Wildman–Crippen LogP) is 3.06. The zero-order valence-electron chi connectivity index (χ0n) is 8.55. The van der Waals surface area contributed by atoms with Crippen molar-refractivity contribution in [2.75, 3.05) is 0 Å². The highest BCUT2D eigenvalue weighted by atomic mass is 35.5. The van der Waals surface area contributed by atoms with Crippen LogP contribution in [-0.2, 0) is 12.4 Å². The van der Waals surface area contributed by atoms with Crippen LogP contribution in [0.4, 0.5) is 0 Å². The second-order valence-electron chi connectivity index (χ2n) is 4.55. The molecule has 0 aliphatic carbocycles. The molecule has 0 aliphatic rings. The Bertz CT molecular complexity index is 260. The summed E-state index contributed by atoms with van der Waals surface area (Å²) >= 11 is 5.65. The van der Waals surface area contributed by atoms with Gasteiger partial charge in [-0.25, -0.2) is 4.98 Å². The first-order chi connectivity index (χ1) is 6.01. The van der Waals surface area contributed by atoms with Gasteiger partial charge in [0.25, 0.3) is 0 Å². The molecule has 0 spiro atoms. The average molecular weight is 201 g/mol. The lowest BCUT2D eigenvalue weighted by molar-refractivity contribution is 0.350. The molecule has 3 heteroatoms. The molecule has 13 heavy (non-hydrogen) atoms. The summed E-state index contributed by atoms with van der Waals surface area (Å²) in [5.74, 6) is 0.502. The summed E-state index contributed by atoms with van der Waals surface area (Å²) in [6, 6.07) is 0. The van der Waals surface area contributed by atoms with Crippen molar-refractivity contribution in [2.45, 2.75) is 39.6 Å². The Morgan fingerprint density at radius 1 is 1.46 bits per heavy atom. The number of aromatic nitrogens is 2. The van der Waals surface area contributed by atoms with Crippen LogP contribution in [-0.4, -0.2) is 9.55 Å². The fourth-order valence-electron chi connectivity index (χ4n) is 1.06. The van der Waals surface area contributed by atoms with Crippen LogP contribution in [0.15, 0.2) is 12.5 Å². The molecule has 0 atom stereocenters. The highest BCUT2D eigenvalue weighted by Crippen LogP contribution is 2.19. The summed E-state index contributed by atoms with van der Waals surface area (Å²) in [6.07, 6.45) is 5.02. The van der Waals surface area contributed by atoms with E-state index < -0.39 is 0 Å². The number of aryl methyl sites for hydroxylation is 1. The van der Waals surface area contributed by atoms with Gasteiger partial charge in [-0.15, -0.1) is 11.6 Å². The monoisotopic (exact) mass is 200 g/mol. The van der Waals surface area contributed by atoms with Crippen molar-refractivity contribution in [3.8, 4) is 0 Å². The SMILES string of the molecule is CC(C)(C)CCn1cnc(CCl)c1. The Hall–Kier alpha value is -0.500. The van der Waals surface area contributed by atoms with Crippen LogP contribution in [0.5, 0.6) is 0 Å². The van der Waals surface area contributed by atoms with E-state index >= 15 is 0 Å². The van der Waals surface area contributed by atoms with Crippen molar-refractivity contribution < 1.29 is 0 Å². The Morgan fingerprint density at radius 2 is 2.15 bits per heavy atom. The highest BCUT2D eigenvalue weighted by Gasteiger charge is 2.09. The summed E-state index contributed by atoms with van der Waals surface area (Å²) in [6.45, 7) is 7.75. The van der Waals surface area contributed by atoms with Crippen LogP contribution in [0.2, 0.25) is 0 Å². The Morgan fingerprint density at radius 3 is 2.62 bits per heavy atom. The zero-order chi connectivity index (χ0) is 9.90. The third-order valence-electron chi connectivity index (χ3n) is 1.94. The van der Waals surface area contributed by atoms with Gasteiger partial charge in [0.1, 0.15) is 0 Å². The molecule has 1 aromatic rings. The molecule has 0 aliphatic heterocycles. The summed E-state index contributed by atoms with van der Waals surface area (Å²) < 4.78 is 2.10. The maximum absolute atomic E-state index is 5.65. The average Bonchev–Trinajstić information content (AvgIpc) is 2.47. The van der Waals surface area contributed by atoms with Crippen LogP contribution in [0.25, 0.3) is 0 Å². The van der Waals surface area contributed by atoms with Crippen LogP contribution in [0.1, 0.15) is 32.9 Å². The minimum Gasteiger partial charge on any atom is -0.337 e. The topological polar surface area (TPSA) is 17.8 Å². The highest BCUT2D eigenvalue weighted by molar-refractivity contribution is 6.16. The van der Waals surface area contributed by atoms with E-state index in [0.29, 0.717) is 11.3 Å². The second-order valence-corrected chi connectivity index (χ2v) is 4.81. The summed E-state index contributed by atoms with van der Waals surface area (Å²) in [5.41, 5.74) is 1.33. The molecule has 0 fully saturated rings. The summed E-state index contributed by atoms with van der Waals surface area (Å²) in [7, 11) is 0. The lowest BCUT2D eigenvalue weighted by Gasteiger charge is -2.17. The summed E-state index contributed by atoms with van der Waals surface area (Å²) in [4.78, 5) is 4.17. The quantitative estimate of drug-likeness (QED) is 0.686. The van der Waals surface area contributed by atoms with E-state index in [4.69, 9.17) is 11.6 Å². The summed E-state index contributed by atoms with van der Waals surface area (Å²) in [5, 5.41) is 0. The van der Waals surface area contributed by atoms with Crippen LogP contribution in [0.3, 0.4) is 0 Å². The molecule has 0 unspecified atom stereocenters. The zero-order valence-corrected chi connectivity index (χ0v) is 9.30. The minimum atomic E-state index is 0.380.